The zero-order valence-corrected chi connectivity index (χ0v) is 14.7. The monoisotopic (exact) mass is 360 g/mol. The van der Waals surface area contributed by atoms with E-state index in [2.05, 4.69) is 35.8 Å². The van der Waals surface area contributed by atoms with Crippen molar-refractivity contribution in [1.29, 1.82) is 0 Å². The molecule has 0 fully saturated rings. The molecule has 3 aromatic heterocycles. The molecule has 4 rings (SSSR count). The molecule has 0 aliphatic carbocycles. The van der Waals surface area contributed by atoms with Crippen LogP contribution < -0.4 is 5.32 Å². The summed E-state index contributed by atoms with van der Waals surface area (Å²) in [5.41, 5.74) is 3.40. The average Bonchev–Trinajstić information content (AvgIpc) is 3.29. The summed E-state index contributed by atoms with van der Waals surface area (Å²) in [4.78, 5) is 21.0. The molecule has 0 aliphatic heterocycles. The molecule has 3 heterocycles. The van der Waals surface area contributed by atoms with Crippen molar-refractivity contribution in [2.45, 2.75) is 13.8 Å². The number of aromatic nitrogens is 7. The number of hydrogen-bond acceptors (Lipinski definition) is 6. The Bertz CT molecular complexity index is 1100. The Kier molecular flexibility index (Phi) is 4.17. The van der Waals surface area contributed by atoms with E-state index in [0.717, 1.165) is 11.3 Å². The van der Waals surface area contributed by atoms with E-state index in [9.17, 15) is 4.79 Å². The second-order valence-corrected chi connectivity index (χ2v) is 5.95. The van der Waals surface area contributed by atoms with Crippen LogP contribution in [-0.4, -0.2) is 41.1 Å². The van der Waals surface area contributed by atoms with E-state index in [1.165, 1.54) is 0 Å². The van der Waals surface area contributed by atoms with Crippen molar-refractivity contribution in [3.8, 4) is 17.2 Å². The van der Waals surface area contributed by atoms with Gasteiger partial charge in [-0.15, -0.1) is 10.2 Å². The van der Waals surface area contributed by atoms with Crippen LogP contribution in [0.15, 0.2) is 48.7 Å². The van der Waals surface area contributed by atoms with Gasteiger partial charge in [-0.1, -0.05) is 23.4 Å². The van der Waals surface area contributed by atoms with Gasteiger partial charge in [0.1, 0.15) is 5.69 Å². The van der Waals surface area contributed by atoms with E-state index in [1.54, 1.807) is 23.9 Å². The molecule has 0 saturated carbocycles. The van der Waals surface area contributed by atoms with Crippen LogP contribution in [0.25, 0.3) is 17.2 Å². The molecule has 0 saturated heterocycles. The van der Waals surface area contributed by atoms with Gasteiger partial charge in [0.05, 0.1) is 11.4 Å². The molecule has 1 amide bonds. The topological polar surface area (TPSA) is 114 Å². The van der Waals surface area contributed by atoms with E-state index in [4.69, 9.17) is 0 Å². The van der Waals surface area contributed by atoms with E-state index in [1.807, 2.05) is 43.3 Å². The lowest BCUT2D eigenvalue weighted by Gasteiger charge is -2.04. The second kappa shape index (κ2) is 6.79. The average molecular weight is 360 g/mol. The molecule has 27 heavy (non-hydrogen) atoms. The lowest BCUT2D eigenvalue weighted by Crippen LogP contribution is -2.15. The Labute approximate surface area is 154 Å². The van der Waals surface area contributed by atoms with Crippen molar-refractivity contribution < 1.29 is 4.79 Å². The maximum absolute atomic E-state index is 12.6. The number of aryl methyl sites for hydroxylation is 1. The third-order valence-electron chi connectivity index (χ3n) is 3.97. The summed E-state index contributed by atoms with van der Waals surface area (Å²) in [6.07, 6.45) is 1.66. The third kappa shape index (κ3) is 3.30. The number of amides is 1. The molecule has 2 N–H and O–H groups in total. The van der Waals surface area contributed by atoms with Crippen LogP contribution >= 0.6 is 0 Å². The fourth-order valence-electron chi connectivity index (χ4n) is 2.64. The zero-order chi connectivity index (χ0) is 18.8. The molecular formula is C18H16N8O. The van der Waals surface area contributed by atoms with Crippen LogP contribution in [0.4, 0.5) is 5.95 Å². The van der Waals surface area contributed by atoms with Gasteiger partial charge < -0.3 is 0 Å². The van der Waals surface area contributed by atoms with E-state index >= 15 is 0 Å². The normalized spacial score (nSPS) is 10.7. The molecule has 0 unspecified atom stereocenters. The minimum atomic E-state index is -0.432. The lowest BCUT2D eigenvalue weighted by atomic mass is 10.2. The highest BCUT2D eigenvalue weighted by atomic mass is 16.2. The summed E-state index contributed by atoms with van der Waals surface area (Å²) in [6, 6.07) is 13.2. The summed E-state index contributed by atoms with van der Waals surface area (Å²) in [7, 11) is 0. The van der Waals surface area contributed by atoms with Gasteiger partial charge >= 0.3 is 0 Å². The Morgan fingerprint density at radius 2 is 2.04 bits per heavy atom. The standard InChI is InChI=1S/C18H16N8O/c1-11-6-5-7-13(10-11)26-12(2)15(22-25-26)17(27)21-18-20-16(23-24-18)14-8-3-4-9-19-14/h3-10H,1-2H3,(H2,20,21,23,24,27). The first-order valence-corrected chi connectivity index (χ1v) is 8.26. The van der Waals surface area contributed by atoms with Gasteiger partial charge in [0.2, 0.25) is 5.95 Å². The molecule has 1 aromatic carbocycles. The quantitative estimate of drug-likeness (QED) is 0.577. The first kappa shape index (κ1) is 16.6. The highest BCUT2D eigenvalue weighted by molar-refractivity contribution is 6.02. The molecule has 9 nitrogen and oxygen atoms in total. The van der Waals surface area contributed by atoms with Crippen molar-refractivity contribution in [3.63, 3.8) is 0 Å². The van der Waals surface area contributed by atoms with Gasteiger partial charge in [-0.3, -0.25) is 20.2 Å². The van der Waals surface area contributed by atoms with Crippen molar-refractivity contribution in [2.75, 3.05) is 5.32 Å². The van der Waals surface area contributed by atoms with Crippen LogP contribution in [-0.2, 0) is 0 Å². The third-order valence-corrected chi connectivity index (χ3v) is 3.97. The maximum atomic E-state index is 12.6. The molecule has 0 spiro atoms. The highest BCUT2D eigenvalue weighted by Crippen LogP contribution is 2.16. The zero-order valence-electron chi connectivity index (χ0n) is 14.7. The van der Waals surface area contributed by atoms with Gasteiger partial charge in [-0.2, -0.15) is 4.98 Å². The van der Waals surface area contributed by atoms with Crippen molar-refractivity contribution in [3.05, 3.63) is 65.6 Å². The smallest absolute Gasteiger partial charge is 0.280 e. The number of rotatable bonds is 4. The summed E-state index contributed by atoms with van der Waals surface area (Å²) in [5, 5.41) is 17.5. The molecule has 134 valence electrons. The van der Waals surface area contributed by atoms with Crippen LogP contribution in [0.5, 0.6) is 0 Å². The van der Waals surface area contributed by atoms with Gasteiger partial charge in [-0.25, -0.2) is 4.68 Å². The number of H-pyrrole nitrogens is 1. The number of benzene rings is 1. The van der Waals surface area contributed by atoms with Gasteiger partial charge in [0.15, 0.2) is 11.5 Å². The minimum Gasteiger partial charge on any atom is -0.288 e. The Hall–Kier alpha value is -3.88. The molecule has 0 aliphatic rings. The minimum absolute atomic E-state index is 0.144. The van der Waals surface area contributed by atoms with E-state index in [0.29, 0.717) is 17.2 Å². The maximum Gasteiger partial charge on any atom is 0.280 e. The predicted octanol–water partition coefficient (Wildman–Crippen LogP) is 2.32. The second-order valence-electron chi connectivity index (χ2n) is 5.95. The molecule has 0 bridgehead atoms. The van der Waals surface area contributed by atoms with Crippen molar-refractivity contribution >= 4 is 11.9 Å². The van der Waals surface area contributed by atoms with Gasteiger partial charge in [0, 0.05) is 6.20 Å². The summed E-state index contributed by atoms with van der Waals surface area (Å²) < 4.78 is 1.62. The summed E-state index contributed by atoms with van der Waals surface area (Å²) in [6.45, 7) is 3.78. The SMILES string of the molecule is Cc1cccc(-n2nnc(C(=O)Nc3n[nH]c(-c4ccccn4)n3)c2C)c1. The molecule has 0 atom stereocenters. The van der Waals surface area contributed by atoms with Crippen molar-refractivity contribution in [1.82, 2.24) is 35.2 Å². The number of nitrogens with one attached hydrogen (secondary N) is 2. The van der Waals surface area contributed by atoms with E-state index in [-0.39, 0.29) is 11.6 Å². The number of carbonyl (C=O) groups excluding carboxylic acids is 1. The van der Waals surface area contributed by atoms with Gasteiger partial charge in [-0.05, 0) is 43.7 Å². The first-order valence-electron chi connectivity index (χ1n) is 8.26. The molecule has 4 aromatic rings. The summed E-state index contributed by atoms with van der Waals surface area (Å²) >= 11 is 0. The predicted molar refractivity (Wildman–Crippen MR) is 98.4 cm³/mol. The number of pyridine rings is 1. The van der Waals surface area contributed by atoms with Gasteiger partial charge in [0.25, 0.3) is 5.91 Å². The summed E-state index contributed by atoms with van der Waals surface area (Å²) in [5.74, 6) is 0.175. The lowest BCUT2D eigenvalue weighted by molar-refractivity contribution is 0.102. The Morgan fingerprint density at radius 3 is 2.81 bits per heavy atom. The number of hydrogen-bond donors (Lipinski definition) is 2. The van der Waals surface area contributed by atoms with Crippen LogP contribution in [0, 0.1) is 13.8 Å². The molecule has 9 heteroatoms. The van der Waals surface area contributed by atoms with E-state index < -0.39 is 5.91 Å². The van der Waals surface area contributed by atoms with Crippen LogP contribution in [0.2, 0.25) is 0 Å². The van der Waals surface area contributed by atoms with Crippen molar-refractivity contribution in [2.24, 2.45) is 0 Å². The van der Waals surface area contributed by atoms with Crippen LogP contribution in [0.3, 0.4) is 0 Å². The number of carbonyl (C=O) groups is 1. The number of nitrogens with zero attached hydrogens (tertiary/aromatic N) is 6. The number of anilines is 1. The Balaban J connectivity index is 1.55. The Morgan fingerprint density at radius 1 is 1.15 bits per heavy atom. The van der Waals surface area contributed by atoms with Crippen LogP contribution in [0.1, 0.15) is 21.7 Å². The molecular weight excluding hydrogens is 344 g/mol. The largest absolute Gasteiger partial charge is 0.288 e. The molecule has 0 radical (unpaired) electrons. The first-order chi connectivity index (χ1) is 13.1. The number of aromatic amines is 1. The fourth-order valence-corrected chi connectivity index (χ4v) is 2.64. The highest BCUT2D eigenvalue weighted by Gasteiger charge is 2.19. The fraction of sp³-hybridized carbons (Fsp3) is 0.111.